The maximum atomic E-state index is 16.0. The minimum atomic E-state index is -4.84. The molecular weight excluding hydrogens is 639 g/mol. The molecule has 0 bridgehead atoms. The zero-order valence-corrected chi connectivity index (χ0v) is 25.9. The molecule has 1 aliphatic rings. The van der Waals surface area contributed by atoms with Crippen molar-refractivity contribution in [1.82, 2.24) is 19.9 Å². The average molecular weight is 666 g/mol. The lowest BCUT2D eigenvalue weighted by molar-refractivity contribution is 0.0834. The molecule has 4 aromatic rings. The van der Waals surface area contributed by atoms with Gasteiger partial charge in [-0.05, 0) is 60.7 Å². The van der Waals surface area contributed by atoms with E-state index in [-0.39, 0.29) is 34.5 Å². The van der Waals surface area contributed by atoms with Gasteiger partial charge in [0, 0.05) is 30.8 Å². The number of likely N-dealkylation sites (tertiary alicyclic amines) is 1. The molecule has 1 saturated heterocycles. The van der Waals surface area contributed by atoms with Crippen LogP contribution in [0.3, 0.4) is 0 Å². The lowest BCUT2D eigenvalue weighted by Crippen LogP contribution is -2.38. The van der Waals surface area contributed by atoms with Gasteiger partial charge in [-0.25, -0.2) is 41.3 Å². The minimum Gasteiger partial charge on any atom is -0.449 e. The molecule has 1 N–H and O–H groups in total. The van der Waals surface area contributed by atoms with Gasteiger partial charge < -0.3 is 9.64 Å². The zero-order valence-electron chi connectivity index (χ0n) is 23.6. The molecule has 44 heavy (non-hydrogen) atoms. The van der Waals surface area contributed by atoms with Gasteiger partial charge in [-0.2, -0.15) is 0 Å². The van der Waals surface area contributed by atoms with Crippen LogP contribution < -0.4 is 4.72 Å². The van der Waals surface area contributed by atoms with E-state index in [9.17, 15) is 22.0 Å². The number of aromatic nitrogens is 3. The van der Waals surface area contributed by atoms with Gasteiger partial charge in [-0.15, -0.1) is 11.3 Å². The molecule has 15 heteroatoms. The smallest absolute Gasteiger partial charge is 0.409 e. The Morgan fingerprint density at radius 3 is 2.43 bits per heavy atom. The number of sulfonamides is 1. The number of benzene rings is 2. The van der Waals surface area contributed by atoms with Crippen LogP contribution in [0, 0.1) is 23.4 Å². The SMILES string of the molecule is CC(C)COC(=O)N1CCC(c2nc(-c3cccc(NS(=O)(=O)c4c(F)cccc4F)c3F)c(-c3ccnc(Cl)n3)s2)CC1. The van der Waals surface area contributed by atoms with Gasteiger partial charge in [-0.3, -0.25) is 4.72 Å². The number of rotatable bonds is 8. The van der Waals surface area contributed by atoms with Crippen molar-refractivity contribution in [3.8, 4) is 21.8 Å². The minimum absolute atomic E-state index is 0.0366. The number of halogens is 4. The predicted molar refractivity (Wildman–Crippen MR) is 160 cm³/mol. The van der Waals surface area contributed by atoms with E-state index < -0.39 is 38.1 Å². The van der Waals surface area contributed by atoms with Crippen LogP contribution >= 0.6 is 22.9 Å². The Balaban J connectivity index is 1.48. The largest absolute Gasteiger partial charge is 0.449 e. The number of piperidine rings is 1. The zero-order chi connectivity index (χ0) is 31.6. The molecule has 0 radical (unpaired) electrons. The Kier molecular flexibility index (Phi) is 9.42. The molecular formula is C29H27ClF3N5O4S2. The number of hydrogen-bond acceptors (Lipinski definition) is 8. The lowest BCUT2D eigenvalue weighted by Gasteiger charge is -2.30. The third-order valence-corrected chi connectivity index (χ3v) is 9.67. The first-order valence-corrected chi connectivity index (χ1v) is 16.3. The topological polar surface area (TPSA) is 114 Å². The number of carbonyl (C=O) groups excluding carboxylic acids is 1. The Labute approximate surface area is 261 Å². The summed E-state index contributed by atoms with van der Waals surface area (Å²) in [6.45, 7) is 5.14. The van der Waals surface area contributed by atoms with Gasteiger partial charge in [-0.1, -0.05) is 26.0 Å². The summed E-state index contributed by atoms with van der Waals surface area (Å²) in [6.07, 6.45) is 2.25. The Hall–Kier alpha value is -3.75. The summed E-state index contributed by atoms with van der Waals surface area (Å²) in [4.78, 5) is 26.3. The lowest BCUT2D eigenvalue weighted by atomic mass is 9.98. The van der Waals surface area contributed by atoms with Gasteiger partial charge >= 0.3 is 6.09 Å². The number of hydrogen-bond donors (Lipinski definition) is 1. The molecule has 1 amide bonds. The Morgan fingerprint density at radius 2 is 1.77 bits per heavy atom. The number of nitrogens with one attached hydrogen (secondary N) is 1. The second-order valence-corrected chi connectivity index (χ2v) is 13.5. The summed E-state index contributed by atoms with van der Waals surface area (Å²) in [5.74, 6) is -3.49. The highest BCUT2D eigenvalue weighted by molar-refractivity contribution is 7.92. The van der Waals surface area contributed by atoms with E-state index >= 15 is 4.39 Å². The number of carbonyl (C=O) groups is 1. The van der Waals surface area contributed by atoms with E-state index in [1.54, 1.807) is 11.0 Å². The fourth-order valence-corrected chi connectivity index (χ4v) is 7.26. The first-order chi connectivity index (χ1) is 20.9. The molecule has 232 valence electrons. The number of thiazole rings is 1. The van der Waals surface area contributed by atoms with Gasteiger partial charge in [0.05, 0.1) is 33.6 Å². The second kappa shape index (κ2) is 13.1. The van der Waals surface area contributed by atoms with Crippen LogP contribution in [0.15, 0.2) is 53.6 Å². The van der Waals surface area contributed by atoms with E-state index in [0.29, 0.717) is 48.1 Å². The molecule has 1 fully saturated rings. The Bertz CT molecular complexity index is 1780. The third-order valence-electron chi connectivity index (χ3n) is 6.83. The van der Waals surface area contributed by atoms with Crippen LogP contribution in [0.25, 0.3) is 21.8 Å². The molecule has 2 aromatic heterocycles. The van der Waals surface area contributed by atoms with Crippen LogP contribution in [0.4, 0.5) is 23.7 Å². The number of ether oxygens (including phenoxy) is 1. The first-order valence-electron chi connectivity index (χ1n) is 13.6. The quantitative estimate of drug-likeness (QED) is 0.200. The van der Waals surface area contributed by atoms with Crippen molar-refractivity contribution in [2.24, 2.45) is 5.92 Å². The second-order valence-electron chi connectivity index (χ2n) is 10.5. The van der Waals surface area contributed by atoms with E-state index in [4.69, 9.17) is 21.3 Å². The van der Waals surface area contributed by atoms with Crippen molar-refractivity contribution in [2.45, 2.75) is 37.5 Å². The van der Waals surface area contributed by atoms with Crippen molar-refractivity contribution in [1.29, 1.82) is 0 Å². The highest BCUT2D eigenvalue weighted by Gasteiger charge is 2.30. The van der Waals surface area contributed by atoms with Crippen molar-refractivity contribution in [3.05, 3.63) is 76.4 Å². The van der Waals surface area contributed by atoms with Crippen LogP contribution in [-0.2, 0) is 14.8 Å². The molecule has 2 aromatic carbocycles. The highest BCUT2D eigenvalue weighted by Crippen LogP contribution is 2.43. The standard InChI is InChI=1S/C29H27ClF3N5O4S2/c1-16(2)15-42-29(39)38-13-10-17(11-14-38)27-36-24(25(43-27)22-9-12-34-28(30)35-22)18-5-3-8-21(23(18)33)37-44(40,41)26-19(31)6-4-7-20(26)32/h3-9,12,16-17,37H,10-11,13-15H2,1-2H3. The van der Waals surface area contributed by atoms with Crippen molar-refractivity contribution < 1.29 is 31.1 Å². The molecule has 0 saturated carbocycles. The van der Waals surface area contributed by atoms with Crippen molar-refractivity contribution >= 4 is 44.7 Å². The summed E-state index contributed by atoms with van der Waals surface area (Å²) in [6, 6.07) is 8.14. The molecule has 0 unspecified atom stereocenters. The predicted octanol–water partition coefficient (Wildman–Crippen LogP) is 7.11. The fraction of sp³-hybridized carbons (Fsp3) is 0.310. The maximum absolute atomic E-state index is 16.0. The van der Waals surface area contributed by atoms with E-state index in [1.807, 2.05) is 18.6 Å². The maximum Gasteiger partial charge on any atom is 0.409 e. The molecule has 3 heterocycles. The van der Waals surface area contributed by atoms with Crippen molar-refractivity contribution in [2.75, 3.05) is 24.4 Å². The summed E-state index contributed by atoms with van der Waals surface area (Å²) >= 11 is 7.33. The van der Waals surface area contributed by atoms with Crippen molar-refractivity contribution in [3.63, 3.8) is 0 Å². The summed E-state index contributed by atoms with van der Waals surface area (Å²) in [7, 11) is -4.84. The summed E-state index contributed by atoms with van der Waals surface area (Å²) < 4.78 is 77.7. The van der Waals surface area contributed by atoms with Gasteiger partial charge in [0.15, 0.2) is 10.7 Å². The average Bonchev–Trinajstić information content (AvgIpc) is 3.42. The molecule has 5 rings (SSSR count). The van der Waals surface area contributed by atoms with E-state index in [1.165, 1.54) is 29.7 Å². The molecule has 0 spiro atoms. The normalized spacial score (nSPS) is 14.2. The van der Waals surface area contributed by atoms with Gasteiger partial charge in [0.1, 0.15) is 11.6 Å². The molecule has 1 aliphatic heterocycles. The van der Waals surface area contributed by atoms with Crippen LogP contribution in [0.5, 0.6) is 0 Å². The molecule has 9 nitrogen and oxygen atoms in total. The van der Waals surface area contributed by atoms with Gasteiger partial charge in [0.2, 0.25) is 5.28 Å². The Morgan fingerprint density at radius 1 is 1.09 bits per heavy atom. The number of anilines is 1. The van der Waals surface area contributed by atoms with E-state index in [2.05, 4.69) is 9.97 Å². The first kappa shape index (κ1) is 31.7. The summed E-state index contributed by atoms with van der Waals surface area (Å²) in [5.41, 5.74) is -0.0489. The number of amides is 1. The highest BCUT2D eigenvalue weighted by atomic mass is 35.5. The summed E-state index contributed by atoms with van der Waals surface area (Å²) in [5, 5.41) is 0.629. The van der Waals surface area contributed by atoms with E-state index in [0.717, 1.165) is 24.3 Å². The van der Waals surface area contributed by atoms with Crippen LogP contribution in [-0.4, -0.2) is 54.1 Å². The fourth-order valence-electron chi connectivity index (χ4n) is 4.70. The van der Waals surface area contributed by atoms with Gasteiger partial charge in [0.25, 0.3) is 10.0 Å². The molecule has 0 atom stereocenters. The molecule has 0 aliphatic carbocycles. The van der Waals surface area contributed by atoms with Crippen LogP contribution in [0.2, 0.25) is 5.28 Å². The van der Waals surface area contributed by atoms with Crippen LogP contribution in [0.1, 0.15) is 37.6 Å². The monoisotopic (exact) mass is 665 g/mol. The third kappa shape index (κ3) is 6.81. The number of nitrogens with zero attached hydrogens (tertiary/aromatic N) is 4.